The van der Waals surface area contributed by atoms with Gasteiger partial charge in [-0.2, -0.15) is 0 Å². The predicted octanol–water partition coefficient (Wildman–Crippen LogP) is 2.43. The van der Waals surface area contributed by atoms with Gasteiger partial charge in [0.2, 0.25) is 0 Å². The SMILES string of the molecule is O=C(CCO)C1CCc2ccc(Br)cc21. The molecule has 0 spiro atoms. The average molecular weight is 269 g/mol. The third-order valence-electron chi connectivity index (χ3n) is 2.93. The fourth-order valence-electron chi connectivity index (χ4n) is 2.19. The first-order chi connectivity index (χ1) is 7.22. The highest BCUT2D eigenvalue weighted by Crippen LogP contribution is 2.35. The summed E-state index contributed by atoms with van der Waals surface area (Å²) in [5.41, 5.74) is 2.41. The molecule has 0 amide bonds. The Morgan fingerprint density at radius 3 is 3.07 bits per heavy atom. The summed E-state index contributed by atoms with van der Waals surface area (Å²) < 4.78 is 1.02. The van der Waals surface area contributed by atoms with Crippen LogP contribution in [0.5, 0.6) is 0 Å². The lowest BCUT2D eigenvalue weighted by Gasteiger charge is -2.09. The summed E-state index contributed by atoms with van der Waals surface area (Å²) in [5, 5.41) is 8.77. The smallest absolute Gasteiger partial charge is 0.142 e. The summed E-state index contributed by atoms with van der Waals surface area (Å²) in [6.07, 6.45) is 2.14. The van der Waals surface area contributed by atoms with Gasteiger partial charge in [-0.3, -0.25) is 4.79 Å². The van der Waals surface area contributed by atoms with E-state index in [0.717, 1.165) is 22.9 Å². The molecule has 0 fully saturated rings. The second kappa shape index (κ2) is 4.45. The van der Waals surface area contributed by atoms with Crippen molar-refractivity contribution in [2.45, 2.75) is 25.2 Å². The molecule has 80 valence electrons. The van der Waals surface area contributed by atoms with Gasteiger partial charge >= 0.3 is 0 Å². The van der Waals surface area contributed by atoms with Gasteiger partial charge in [-0.05, 0) is 36.1 Å². The van der Waals surface area contributed by atoms with E-state index >= 15 is 0 Å². The summed E-state index contributed by atoms with van der Waals surface area (Å²) in [5.74, 6) is 0.166. The van der Waals surface area contributed by atoms with E-state index in [1.165, 1.54) is 5.56 Å². The number of carbonyl (C=O) groups excluding carboxylic acids is 1. The van der Waals surface area contributed by atoms with Crippen molar-refractivity contribution in [3.8, 4) is 0 Å². The molecular formula is C12H13BrO2. The van der Waals surface area contributed by atoms with Gasteiger partial charge in [0.05, 0.1) is 0 Å². The largest absolute Gasteiger partial charge is 0.396 e. The number of halogens is 1. The molecule has 1 aromatic rings. The Morgan fingerprint density at radius 1 is 1.53 bits per heavy atom. The van der Waals surface area contributed by atoms with Gasteiger partial charge in [0.1, 0.15) is 5.78 Å². The topological polar surface area (TPSA) is 37.3 Å². The Hall–Kier alpha value is -0.670. The van der Waals surface area contributed by atoms with Crippen LogP contribution in [0.3, 0.4) is 0 Å². The van der Waals surface area contributed by atoms with E-state index in [4.69, 9.17) is 5.11 Å². The molecule has 0 aliphatic heterocycles. The van der Waals surface area contributed by atoms with E-state index in [1.54, 1.807) is 0 Å². The van der Waals surface area contributed by atoms with E-state index in [9.17, 15) is 4.79 Å². The van der Waals surface area contributed by atoms with Crippen LogP contribution < -0.4 is 0 Å². The maximum Gasteiger partial charge on any atom is 0.142 e. The number of rotatable bonds is 3. The molecule has 0 saturated heterocycles. The second-order valence-corrected chi connectivity index (χ2v) is 4.79. The first-order valence-electron chi connectivity index (χ1n) is 5.14. The predicted molar refractivity (Wildman–Crippen MR) is 61.9 cm³/mol. The van der Waals surface area contributed by atoms with Crippen LogP contribution in [0.1, 0.15) is 29.9 Å². The Morgan fingerprint density at radius 2 is 2.33 bits per heavy atom. The van der Waals surface area contributed by atoms with Crippen molar-refractivity contribution < 1.29 is 9.90 Å². The van der Waals surface area contributed by atoms with Crippen molar-refractivity contribution >= 4 is 21.7 Å². The second-order valence-electron chi connectivity index (χ2n) is 3.87. The van der Waals surface area contributed by atoms with Gasteiger partial charge < -0.3 is 5.11 Å². The quantitative estimate of drug-likeness (QED) is 0.915. The molecule has 0 radical (unpaired) electrons. The first kappa shape index (κ1) is 10.8. The van der Waals surface area contributed by atoms with E-state index in [2.05, 4.69) is 22.0 Å². The molecule has 3 heteroatoms. The number of carbonyl (C=O) groups is 1. The van der Waals surface area contributed by atoms with Crippen molar-refractivity contribution in [3.63, 3.8) is 0 Å². The maximum absolute atomic E-state index is 11.7. The van der Waals surface area contributed by atoms with Crippen LogP contribution in [0, 0.1) is 0 Å². The number of aliphatic hydroxyl groups excluding tert-OH is 1. The number of hydrogen-bond donors (Lipinski definition) is 1. The summed E-state index contributed by atoms with van der Waals surface area (Å²) in [6.45, 7) is -0.0430. The molecule has 2 rings (SSSR count). The molecule has 1 aliphatic carbocycles. The van der Waals surface area contributed by atoms with Crippen LogP contribution in [0.4, 0.5) is 0 Å². The Kier molecular flexibility index (Phi) is 3.22. The first-order valence-corrected chi connectivity index (χ1v) is 5.93. The lowest BCUT2D eigenvalue weighted by atomic mass is 9.95. The van der Waals surface area contributed by atoms with E-state index < -0.39 is 0 Å². The minimum atomic E-state index is -0.0430. The standard InChI is InChI=1S/C12H13BrO2/c13-9-3-1-8-2-4-10(11(8)7-9)12(15)5-6-14/h1,3,7,10,14H,2,4-6H2. The summed E-state index contributed by atoms with van der Waals surface area (Å²) in [6, 6.07) is 6.12. The van der Waals surface area contributed by atoms with Gasteiger partial charge in [-0.1, -0.05) is 22.0 Å². The van der Waals surface area contributed by atoms with Crippen LogP contribution in [0.25, 0.3) is 0 Å². The highest BCUT2D eigenvalue weighted by Gasteiger charge is 2.27. The van der Waals surface area contributed by atoms with Gasteiger partial charge in [-0.15, -0.1) is 0 Å². The molecule has 2 nitrogen and oxygen atoms in total. The molecule has 0 heterocycles. The molecule has 15 heavy (non-hydrogen) atoms. The molecule has 0 bridgehead atoms. The fraction of sp³-hybridized carbons (Fsp3) is 0.417. The molecule has 0 aromatic heterocycles. The van der Waals surface area contributed by atoms with E-state index in [1.807, 2.05) is 12.1 Å². The molecule has 1 unspecified atom stereocenters. The average Bonchev–Trinajstić information content (AvgIpc) is 2.60. The van der Waals surface area contributed by atoms with Gasteiger partial charge in [0, 0.05) is 23.4 Å². The van der Waals surface area contributed by atoms with Crippen LogP contribution in [0.15, 0.2) is 22.7 Å². The Labute approximate surface area is 97.4 Å². The molecule has 0 saturated carbocycles. The summed E-state index contributed by atoms with van der Waals surface area (Å²) in [4.78, 5) is 11.7. The highest BCUT2D eigenvalue weighted by atomic mass is 79.9. The number of hydrogen-bond acceptors (Lipinski definition) is 2. The molecule has 1 aliphatic rings. The number of benzene rings is 1. The Bertz CT molecular complexity index is 387. The van der Waals surface area contributed by atoms with Gasteiger partial charge in [0.25, 0.3) is 0 Å². The van der Waals surface area contributed by atoms with Crippen molar-refractivity contribution in [1.29, 1.82) is 0 Å². The zero-order valence-electron chi connectivity index (χ0n) is 8.37. The molecule has 1 aromatic carbocycles. The van der Waals surface area contributed by atoms with Crippen molar-refractivity contribution in [2.75, 3.05) is 6.61 Å². The minimum Gasteiger partial charge on any atom is -0.396 e. The highest BCUT2D eigenvalue weighted by molar-refractivity contribution is 9.10. The normalized spacial score (nSPS) is 18.9. The zero-order valence-corrected chi connectivity index (χ0v) is 9.96. The lowest BCUT2D eigenvalue weighted by Crippen LogP contribution is -2.11. The zero-order chi connectivity index (χ0) is 10.8. The third kappa shape index (κ3) is 2.13. The van der Waals surface area contributed by atoms with Crippen LogP contribution in [0.2, 0.25) is 0 Å². The van der Waals surface area contributed by atoms with E-state index in [0.29, 0.717) is 0 Å². The van der Waals surface area contributed by atoms with Gasteiger partial charge in [0.15, 0.2) is 0 Å². The summed E-state index contributed by atoms with van der Waals surface area (Å²) >= 11 is 3.42. The minimum absolute atomic E-state index is 0.00431. The summed E-state index contributed by atoms with van der Waals surface area (Å²) in [7, 11) is 0. The number of aliphatic hydroxyl groups is 1. The Balaban J connectivity index is 2.27. The number of fused-ring (bicyclic) bond motifs is 1. The lowest BCUT2D eigenvalue weighted by molar-refractivity contribution is -0.121. The van der Waals surface area contributed by atoms with Crippen molar-refractivity contribution in [2.24, 2.45) is 0 Å². The van der Waals surface area contributed by atoms with Crippen molar-refractivity contribution in [1.82, 2.24) is 0 Å². The number of aryl methyl sites for hydroxylation is 1. The van der Waals surface area contributed by atoms with Crippen LogP contribution in [-0.2, 0) is 11.2 Å². The van der Waals surface area contributed by atoms with Crippen molar-refractivity contribution in [3.05, 3.63) is 33.8 Å². The fourth-order valence-corrected chi connectivity index (χ4v) is 2.57. The van der Waals surface area contributed by atoms with Crippen LogP contribution >= 0.6 is 15.9 Å². The molecule has 1 N–H and O–H groups in total. The van der Waals surface area contributed by atoms with E-state index in [-0.39, 0.29) is 24.7 Å². The third-order valence-corrected chi connectivity index (χ3v) is 3.43. The molecule has 1 atom stereocenters. The number of Topliss-reactive ketones (excluding diaryl/α,β-unsaturated/α-hetero) is 1. The molecular weight excluding hydrogens is 256 g/mol. The number of ketones is 1. The van der Waals surface area contributed by atoms with Gasteiger partial charge in [-0.25, -0.2) is 0 Å². The monoisotopic (exact) mass is 268 g/mol. The maximum atomic E-state index is 11.7. The van der Waals surface area contributed by atoms with Crippen LogP contribution in [-0.4, -0.2) is 17.5 Å².